The third-order valence-electron chi connectivity index (χ3n) is 2.51. The predicted molar refractivity (Wildman–Crippen MR) is 64.7 cm³/mol. The van der Waals surface area contributed by atoms with Gasteiger partial charge in [0.1, 0.15) is 0 Å². The van der Waals surface area contributed by atoms with E-state index in [0.29, 0.717) is 6.54 Å². The number of aromatic amines is 1. The topological polar surface area (TPSA) is 76.0 Å². The SMILES string of the molecule is CS(=O)(=O)Cc1c[nH]c2cccc(CN)c12. The van der Waals surface area contributed by atoms with Crippen LogP contribution in [-0.4, -0.2) is 19.7 Å². The molecule has 0 unspecified atom stereocenters. The zero-order chi connectivity index (χ0) is 11.8. The molecule has 1 heterocycles. The molecule has 3 N–H and O–H groups in total. The van der Waals surface area contributed by atoms with Crippen molar-refractivity contribution >= 4 is 20.7 Å². The average Bonchev–Trinajstić information content (AvgIpc) is 2.59. The Labute approximate surface area is 94.4 Å². The van der Waals surface area contributed by atoms with E-state index in [4.69, 9.17) is 5.73 Å². The zero-order valence-corrected chi connectivity index (χ0v) is 9.84. The summed E-state index contributed by atoms with van der Waals surface area (Å²) in [6.45, 7) is 0.409. The van der Waals surface area contributed by atoms with Gasteiger partial charge in [-0.1, -0.05) is 12.1 Å². The van der Waals surface area contributed by atoms with Gasteiger partial charge < -0.3 is 10.7 Å². The van der Waals surface area contributed by atoms with Crippen molar-refractivity contribution in [2.45, 2.75) is 12.3 Å². The van der Waals surface area contributed by atoms with Gasteiger partial charge in [-0.3, -0.25) is 0 Å². The molecule has 0 fully saturated rings. The van der Waals surface area contributed by atoms with Crippen LogP contribution in [0.5, 0.6) is 0 Å². The van der Waals surface area contributed by atoms with Gasteiger partial charge in [-0.05, 0) is 17.2 Å². The van der Waals surface area contributed by atoms with Crippen LogP contribution in [0.1, 0.15) is 11.1 Å². The number of benzene rings is 1. The number of nitrogens with two attached hydrogens (primary N) is 1. The lowest BCUT2D eigenvalue weighted by Crippen LogP contribution is -2.02. The van der Waals surface area contributed by atoms with Crippen LogP contribution in [0.3, 0.4) is 0 Å². The van der Waals surface area contributed by atoms with Crippen molar-refractivity contribution in [3.63, 3.8) is 0 Å². The highest BCUT2D eigenvalue weighted by atomic mass is 32.2. The maximum atomic E-state index is 11.3. The van der Waals surface area contributed by atoms with Crippen molar-refractivity contribution in [1.29, 1.82) is 0 Å². The van der Waals surface area contributed by atoms with E-state index < -0.39 is 9.84 Å². The standard InChI is InChI=1S/C11H14N2O2S/c1-16(14,15)7-9-6-13-10-4-2-3-8(5-12)11(9)10/h2-4,6,13H,5,7,12H2,1H3. The maximum Gasteiger partial charge on any atom is 0.151 e. The first kappa shape index (κ1) is 11.2. The largest absolute Gasteiger partial charge is 0.361 e. The molecule has 86 valence electrons. The maximum absolute atomic E-state index is 11.3. The highest BCUT2D eigenvalue weighted by Gasteiger charge is 2.12. The van der Waals surface area contributed by atoms with Crippen molar-refractivity contribution < 1.29 is 8.42 Å². The Morgan fingerprint density at radius 2 is 2.06 bits per heavy atom. The van der Waals surface area contributed by atoms with Crippen LogP contribution >= 0.6 is 0 Å². The minimum atomic E-state index is -3.02. The van der Waals surface area contributed by atoms with Crippen LogP contribution in [0.15, 0.2) is 24.4 Å². The first-order chi connectivity index (χ1) is 7.51. The van der Waals surface area contributed by atoms with Gasteiger partial charge >= 0.3 is 0 Å². The number of H-pyrrole nitrogens is 1. The van der Waals surface area contributed by atoms with Crippen molar-refractivity contribution in [3.8, 4) is 0 Å². The minimum Gasteiger partial charge on any atom is -0.361 e. The molecule has 0 saturated carbocycles. The molecule has 0 spiro atoms. The third-order valence-corrected chi connectivity index (χ3v) is 3.35. The number of hydrogen-bond donors (Lipinski definition) is 2. The van der Waals surface area contributed by atoms with Gasteiger partial charge in [0.05, 0.1) is 5.75 Å². The van der Waals surface area contributed by atoms with Gasteiger partial charge in [0.15, 0.2) is 9.84 Å². The Hall–Kier alpha value is -1.33. The summed E-state index contributed by atoms with van der Waals surface area (Å²) in [5.41, 5.74) is 8.34. The molecule has 2 aromatic rings. The second-order valence-corrected chi connectivity index (χ2v) is 6.07. The molecule has 16 heavy (non-hydrogen) atoms. The van der Waals surface area contributed by atoms with Crippen LogP contribution in [0.2, 0.25) is 0 Å². The van der Waals surface area contributed by atoms with Gasteiger partial charge in [0.25, 0.3) is 0 Å². The van der Waals surface area contributed by atoms with Crippen LogP contribution in [0.25, 0.3) is 10.9 Å². The lowest BCUT2D eigenvalue weighted by atomic mass is 10.1. The number of hydrogen-bond acceptors (Lipinski definition) is 3. The fraction of sp³-hybridized carbons (Fsp3) is 0.273. The van der Waals surface area contributed by atoms with E-state index in [2.05, 4.69) is 4.98 Å². The summed E-state index contributed by atoms with van der Waals surface area (Å²) in [4.78, 5) is 3.07. The van der Waals surface area contributed by atoms with Gasteiger partial charge in [0.2, 0.25) is 0 Å². The molecule has 0 amide bonds. The third kappa shape index (κ3) is 2.10. The highest BCUT2D eigenvalue weighted by molar-refractivity contribution is 7.89. The molecule has 2 rings (SSSR count). The van der Waals surface area contributed by atoms with Gasteiger partial charge in [-0.25, -0.2) is 8.42 Å². The van der Waals surface area contributed by atoms with Gasteiger partial charge in [-0.2, -0.15) is 0 Å². The first-order valence-electron chi connectivity index (χ1n) is 4.97. The average molecular weight is 238 g/mol. The number of sulfone groups is 1. The molecule has 1 aromatic heterocycles. The lowest BCUT2D eigenvalue weighted by molar-refractivity contribution is 0.601. The zero-order valence-electron chi connectivity index (χ0n) is 9.03. The fourth-order valence-corrected chi connectivity index (χ4v) is 2.70. The van der Waals surface area contributed by atoms with E-state index in [-0.39, 0.29) is 5.75 Å². The second-order valence-electron chi connectivity index (χ2n) is 3.93. The Balaban J connectivity index is 2.63. The summed E-state index contributed by atoms with van der Waals surface area (Å²) in [6, 6.07) is 5.74. The van der Waals surface area contributed by atoms with E-state index in [1.807, 2.05) is 18.2 Å². The van der Waals surface area contributed by atoms with E-state index in [1.54, 1.807) is 6.20 Å². The Morgan fingerprint density at radius 1 is 1.31 bits per heavy atom. The van der Waals surface area contributed by atoms with Crippen molar-refractivity contribution in [3.05, 3.63) is 35.5 Å². The molecule has 0 radical (unpaired) electrons. The molecule has 1 aromatic carbocycles. The second kappa shape index (κ2) is 3.92. The molecular weight excluding hydrogens is 224 g/mol. The molecule has 0 atom stereocenters. The number of nitrogens with one attached hydrogen (secondary N) is 1. The summed E-state index contributed by atoms with van der Waals surface area (Å²) >= 11 is 0. The van der Waals surface area contributed by atoms with Crippen LogP contribution in [0.4, 0.5) is 0 Å². The molecule has 4 nitrogen and oxygen atoms in total. The first-order valence-corrected chi connectivity index (χ1v) is 7.03. The van der Waals surface area contributed by atoms with Crippen molar-refractivity contribution in [1.82, 2.24) is 4.98 Å². The molecule has 0 saturated heterocycles. The summed E-state index contributed by atoms with van der Waals surface area (Å²) < 4.78 is 22.6. The molecule has 0 bridgehead atoms. The Morgan fingerprint density at radius 3 is 2.69 bits per heavy atom. The summed E-state index contributed by atoms with van der Waals surface area (Å²) in [5.74, 6) is 0.0456. The number of rotatable bonds is 3. The normalized spacial score (nSPS) is 12.1. The van der Waals surface area contributed by atoms with Crippen LogP contribution in [0, 0.1) is 0 Å². The van der Waals surface area contributed by atoms with Crippen molar-refractivity contribution in [2.24, 2.45) is 5.73 Å². The van der Waals surface area contributed by atoms with E-state index in [1.165, 1.54) is 6.26 Å². The highest BCUT2D eigenvalue weighted by Crippen LogP contribution is 2.23. The summed E-state index contributed by atoms with van der Waals surface area (Å²) in [6.07, 6.45) is 2.97. The van der Waals surface area contributed by atoms with Gasteiger partial charge in [-0.15, -0.1) is 0 Å². The number of fused-ring (bicyclic) bond motifs is 1. The Kier molecular flexibility index (Phi) is 2.73. The van der Waals surface area contributed by atoms with Crippen LogP contribution in [-0.2, 0) is 22.1 Å². The lowest BCUT2D eigenvalue weighted by Gasteiger charge is -2.02. The Bertz CT molecular complexity index is 614. The predicted octanol–water partition coefficient (Wildman–Crippen LogP) is 1.17. The van der Waals surface area contributed by atoms with Crippen molar-refractivity contribution in [2.75, 3.05) is 6.26 Å². The molecule has 0 aliphatic heterocycles. The van der Waals surface area contributed by atoms with Crippen LogP contribution < -0.4 is 5.73 Å². The van der Waals surface area contributed by atoms with E-state index in [9.17, 15) is 8.42 Å². The molecular formula is C11H14N2O2S. The smallest absolute Gasteiger partial charge is 0.151 e. The molecule has 5 heteroatoms. The minimum absolute atomic E-state index is 0.0456. The fourth-order valence-electron chi connectivity index (χ4n) is 1.90. The summed E-state index contributed by atoms with van der Waals surface area (Å²) in [5, 5.41) is 0.940. The van der Waals surface area contributed by atoms with E-state index >= 15 is 0 Å². The number of aromatic nitrogens is 1. The molecule has 0 aliphatic rings. The monoisotopic (exact) mass is 238 g/mol. The summed E-state index contributed by atoms with van der Waals surface area (Å²) in [7, 11) is -3.02. The quantitative estimate of drug-likeness (QED) is 0.842. The van der Waals surface area contributed by atoms with Gasteiger partial charge in [0, 0.05) is 29.9 Å². The molecule has 0 aliphatic carbocycles. The van der Waals surface area contributed by atoms with E-state index in [0.717, 1.165) is 22.0 Å².